The van der Waals surface area contributed by atoms with E-state index in [4.69, 9.17) is 9.15 Å². The number of carbonyl (C=O) groups excluding carboxylic acids is 1. The third kappa shape index (κ3) is 7.57. The van der Waals surface area contributed by atoms with Gasteiger partial charge in [-0.1, -0.05) is 31.4 Å². The maximum absolute atomic E-state index is 13.5. The second kappa shape index (κ2) is 13.7. The van der Waals surface area contributed by atoms with Gasteiger partial charge in [0, 0.05) is 25.3 Å². The number of anilines is 1. The maximum Gasteiger partial charge on any atom is 0.295 e. The summed E-state index contributed by atoms with van der Waals surface area (Å²) >= 11 is 0. The van der Waals surface area contributed by atoms with Gasteiger partial charge >= 0.3 is 0 Å². The first kappa shape index (κ1) is 29.3. The van der Waals surface area contributed by atoms with Crippen LogP contribution in [0.4, 0.5) is 5.82 Å². The Labute approximate surface area is 244 Å². The molecule has 0 radical (unpaired) electrons. The van der Waals surface area contributed by atoms with E-state index in [2.05, 4.69) is 16.0 Å². The fraction of sp³-hybridized carbons (Fsp3) is 0.529. The van der Waals surface area contributed by atoms with Gasteiger partial charge in [-0.25, -0.2) is 4.98 Å². The lowest BCUT2D eigenvalue weighted by atomic mass is 9.69. The van der Waals surface area contributed by atoms with Crippen LogP contribution in [0, 0.1) is 19.3 Å². The van der Waals surface area contributed by atoms with Gasteiger partial charge < -0.3 is 19.2 Å². The van der Waals surface area contributed by atoms with Gasteiger partial charge in [0.05, 0.1) is 19.5 Å². The molecule has 0 spiro atoms. The highest BCUT2D eigenvalue weighted by molar-refractivity contribution is 6.04. The van der Waals surface area contributed by atoms with Crippen LogP contribution in [-0.2, 0) is 6.61 Å². The third-order valence-corrected chi connectivity index (χ3v) is 9.08. The number of hydrogen-bond donors (Lipinski definition) is 1. The summed E-state index contributed by atoms with van der Waals surface area (Å²) in [5.74, 6) is 1.79. The van der Waals surface area contributed by atoms with Gasteiger partial charge in [0.1, 0.15) is 11.6 Å². The lowest BCUT2D eigenvalue weighted by Crippen LogP contribution is -2.48. The summed E-state index contributed by atoms with van der Waals surface area (Å²) in [6, 6.07) is 13.6. The Kier molecular flexibility index (Phi) is 9.78. The Morgan fingerprint density at radius 1 is 1.07 bits per heavy atom. The van der Waals surface area contributed by atoms with Crippen LogP contribution in [0.2, 0.25) is 0 Å². The summed E-state index contributed by atoms with van der Waals surface area (Å²) < 4.78 is 11.7. The number of carbonyl (C=O) groups is 1. The standard InChI is InChI=1S/C34H45N3O4/c1-26-8-9-32(35-24-26)37(33(39)31-7-6-19-41-31)29-10-16-36(17-11-29)18-14-34(12-4-3-5-13-34)15-20-40-30-22-27(2)21-28(23-30)25-38/h6-9,19,21-24,29,38H,3-5,10-18,20,25H2,1-2H3. The molecule has 7 heteroatoms. The van der Waals surface area contributed by atoms with Crippen molar-refractivity contribution in [2.24, 2.45) is 5.41 Å². The van der Waals surface area contributed by atoms with E-state index in [1.807, 2.05) is 49.2 Å². The van der Waals surface area contributed by atoms with Crippen molar-refractivity contribution in [3.8, 4) is 5.75 Å². The lowest BCUT2D eigenvalue weighted by molar-refractivity contribution is 0.0894. The maximum atomic E-state index is 13.5. The quantitative estimate of drug-likeness (QED) is 0.282. The minimum Gasteiger partial charge on any atom is -0.494 e. The van der Waals surface area contributed by atoms with Gasteiger partial charge in [0.2, 0.25) is 0 Å². The van der Waals surface area contributed by atoms with Crippen molar-refractivity contribution in [3.05, 3.63) is 77.4 Å². The summed E-state index contributed by atoms with van der Waals surface area (Å²) in [4.78, 5) is 22.5. The molecular weight excluding hydrogens is 514 g/mol. The van der Waals surface area contributed by atoms with Gasteiger partial charge in [-0.3, -0.25) is 9.69 Å². The number of rotatable bonds is 11. The molecule has 1 saturated heterocycles. The van der Waals surface area contributed by atoms with Crippen LogP contribution in [0.5, 0.6) is 5.75 Å². The average Bonchev–Trinajstić information content (AvgIpc) is 3.53. The van der Waals surface area contributed by atoms with Crippen LogP contribution < -0.4 is 9.64 Å². The second-order valence-electron chi connectivity index (χ2n) is 12.1. The van der Waals surface area contributed by atoms with Crippen LogP contribution in [0.25, 0.3) is 0 Å². The van der Waals surface area contributed by atoms with Crippen molar-refractivity contribution < 1.29 is 19.1 Å². The zero-order valence-corrected chi connectivity index (χ0v) is 24.7. The predicted molar refractivity (Wildman–Crippen MR) is 161 cm³/mol. The van der Waals surface area contributed by atoms with Gasteiger partial charge in [-0.05, 0) is 111 Å². The number of hydrogen-bond acceptors (Lipinski definition) is 6. The number of nitrogens with zero attached hydrogens (tertiary/aromatic N) is 3. The Morgan fingerprint density at radius 3 is 2.56 bits per heavy atom. The lowest BCUT2D eigenvalue weighted by Gasteiger charge is -2.41. The van der Waals surface area contributed by atoms with Crippen LogP contribution in [-0.4, -0.2) is 53.2 Å². The predicted octanol–water partition coefficient (Wildman–Crippen LogP) is 6.70. The number of piperidine rings is 1. The van der Waals surface area contributed by atoms with Crippen molar-refractivity contribution in [2.45, 2.75) is 84.3 Å². The van der Waals surface area contributed by atoms with E-state index in [1.165, 1.54) is 38.5 Å². The van der Waals surface area contributed by atoms with E-state index in [0.717, 1.165) is 61.3 Å². The first-order valence-electron chi connectivity index (χ1n) is 15.3. The first-order chi connectivity index (χ1) is 19.9. The van der Waals surface area contributed by atoms with Crippen molar-refractivity contribution in [3.63, 3.8) is 0 Å². The van der Waals surface area contributed by atoms with E-state index in [0.29, 0.717) is 23.6 Å². The van der Waals surface area contributed by atoms with E-state index >= 15 is 0 Å². The topological polar surface area (TPSA) is 79.0 Å². The Bertz CT molecular complexity index is 1240. The normalized spacial score (nSPS) is 17.8. The summed E-state index contributed by atoms with van der Waals surface area (Å²) in [5, 5.41) is 9.55. The molecule has 220 valence electrons. The SMILES string of the molecule is Cc1ccc(N(C(=O)c2ccco2)C2CCN(CCC3(CCOc4cc(C)cc(CO)c4)CCCCC3)CC2)nc1. The molecule has 0 unspecified atom stereocenters. The highest BCUT2D eigenvalue weighted by Crippen LogP contribution is 2.43. The summed E-state index contributed by atoms with van der Waals surface area (Å²) in [6.45, 7) is 7.83. The fourth-order valence-corrected chi connectivity index (χ4v) is 6.69. The zero-order valence-electron chi connectivity index (χ0n) is 24.7. The zero-order chi connectivity index (χ0) is 28.7. The number of aliphatic hydroxyl groups is 1. The fourth-order valence-electron chi connectivity index (χ4n) is 6.69. The molecule has 2 aliphatic rings. The molecule has 1 aromatic carbocycles. The number of furan rings is 1. The van der Waals surface area contributed by atoms with Gasteiger partial charge in [-0.15, -0.1) is 0 Å². The van der Waals surface area contributed by atoms with Crippen LogP contribution in [0.15, 0.2) is 59.3 Å². The molecule has 2 fully saturated rings. The molecule has 1 saturated carbocycles. The van der Waals surface area contributed by atoms with Gasteiger partial charge in [-0.2, -0.15) is 0 Å². The van der Waals surface area contributed by atoms with Crippen LogP contribution in [0.1, 0.15) is 85.0 Å². The number of benzene rings is 1. The highest BCUT2D eigenvalue weighted by atomic mass is 16.5. The Hall–Kier alpha value is -3.16. The molecular formula is C34H45N3O4. The van der Waals surface area contributed by atoms with E-state index < -0.39 is 0 Å². The molecule has 1 aliphatic heterocycles. The number of aryl methyl sites for hydroxylation is 2. The largest absolute Gasteiger partial charge is 0.494 e. The second-order valence-corrected chi connectivity index (χ2v) is 12.1. The van der Waals surface area contributed by atoms with Crippen molar-refractivity contribution >= 4 is 11.7 Å². The number of likely N-dealkylation sites (tertiary alicyclic amines) is 1. The van der Waals surface area contributed by atoms with E-state index in [1.54, 1.807) is 18.4 Å². The first-order valence-corrected chi connectivity index (χ1v) is 15.3. The monoisotopic (exact) mass is 559 g/mol. The van der Waals surface area contributed by atoms with Crippen molar-refractivity contribution in [1.82, 2.24) is 9.88 Å². The van der Waals surface area contributed by atoms with Crippen molar-refractivity contribution in [2.75, 3.05) is 31.1 Å². The molecule has 1 amide bonds. The van der Waals surface area contributed by atoms with Crippen molar-refractivity contribution in [1.29, 1.82) is 0 Å². The molecule has 3 aromatic rings. The summed E-state index contributed by atoms with van der Waals surface area (Å²) in [6.07, 6.45) is 13.9. The minimum absolute atomic E-state index is 0.0367. The number of ether oxygens (including phenoxy) is 1. The molecule has 5 rings (SSSR count). The smallest absolute Gasteiger partial charge is 0.295 e. The molecule has 0 atom stereocenters. The van der Waals surface area contributed by atoms with Crippen LogP contribution in [0.3, 0.4) is 0 Å². The number of aromatic nitrogens is 1. The van der Waals surface area contributed by atoms with E-state index in [-0.39, 0.29) is 18.6 Å². The Balaban J connectivity index is 1.17. The third-order valence-electron chi connectivity index (χ3n) is 9.08. The minimum atomic E-state index is -0.120. The number of aliphatic hydroxyl groups excluding tert-OH is 1. The molecule has 7 nitrogen and oxygen atoms in total. The molecule has 1 aliphatic carbocycles. The van der Waals surface area contributed by atoms with Gasteiger partial charge in [0.15, 0.2) is 5.76 Å². The number of amides is 1. The molecule has 41 heavy (non-hydrogen) atoms. The van der Waals surface area contributed by atoms with E-state index in [9.17, 15) is 9.90 Å². The van der Waals surface area contributed by atoms with Gasteiger partial charge in [0.25, 0.3) is 5.91 Å². The summed E-state index contributed by atoms with van der Waals surface area (Å²) in [7, 11) is 0. The molecule has 0 bridgehead atoms. The summed E-state index contributed by atoms with van der Waals surface area (Å²) in [5.41, 5.74) is 3.42. The average molecular weight is 560 g/mol. The molecule has 2 aromatic heterocycles. The number of pyridine rings is 1. The molecule has 3 heterocycles. The highest BCUT2D eigenvalue weighted by Gasteiger charge is 2.35. The molecule has 1 N–H and O–H groups in total. The Morgan fingerprint density at radius 2 is 1.88 bits per heavy atom. The van der Waals surface area contributed by atoms with Crippen LogP contribution >= 0.6 is 0 Å².